The minimum absolute atomic E-state index is 0.0605. The van der Waals surface area contributed by atoms with Crippen molar-refractivity contribution in [2.45, 2.75) is 6.04 Å². The molecule has 0 fully saturated rings. The predicted molar refractivity (Wildman–Crippen MR) is 118 cm³/mol. The summed E-state index contributed by atoms with van der Waals surface area (Å²) >= 11 is 8.43. The zero-order chi connectivity index (χ0) is 21.5. The fraction of sp³-hybridized carbons (Fsp3) is 0.0476. The normalized spacial score (nSPS) is 16.4. The van der Waals surface area contributed by atoms with E-state index >= 15 is 0 Å². The highest BCUT2D eigenvalue weighted by Gasteiger charge is 2.47. The van der Waals surface area contributed by atoms with Gasteiger partial charge in [0.25, 0.3) is 5.91 Å². The Kier molecular flexibility index (Phi) is 4.93. The third-order valence-corrected chi connectivity index (χ3v) is 6.55. The molecular weight excluding hydrogens is 458 g/mol. The average molecular weight is 470 g/mol. The molecule has 1 atom stereocenters. The first-order valence-corrected chi connectivity index (χ1v) is 11.1. The van der Waals surface area contributed by atoms with E-state index in [-0.39, 0.29) is 10.7 Å². The Hall–Kier alpha value is -3.27. The van der Waals surface area contributed by atoms with Crippen molar-refractivity contribution < 1.29 is 19.1 Å². The number of halogens is 1. The van der Waals surface area contributed by atoms with E-state index < -0.39 is 23.5 Å². The van der Waals surface area contributed by atoms with Crippen molar-refractivity contribution >= 4 is 51.1 Å². The van der Waals surface area contributed by atoms with Crippen LogP contribution in [0.3, 0.4) is 0 Å². The minimum Gasteiger partial charge on any atom is -0.503 e. The Morgan fingerprint density at radius 1 is 1.16 bits per heavy atom. The number of carbonyl (C=O) groups is 2. The number of aromatic nitrogens is 2. The van der Waals surface area contributed by atoms with Crippen molar-refractivity contribution in [2.24, 2.45) is 0 Å². The number of nitrogens with zero attached hydrogens (tertiary/aromatic N) is 3. The van der Waals surface area contributed by atoms with Crippen LogP contribution in [0.15, 0.2) is 75.2 Å². The van der Waals surface area contributed by atoms with Gasteiger partial charge >= 0.3 is 0 Å². The first kappa shape index (κ1) is 19.7. The van der Waals surface area contributed by atoms with Crippen LogP contribution in [0, 0.1) is 0 Å². The third-order valence-electron chi connectivity index (χ3n) is 4.76. The van der Waals surface area contributed by atoms with E-state index in [1.54, 1.807) is 47.8 Å². The van der Waals surface area contributed by atoms with Crippen molar-refractivity contribution in [3.8, 4) is 11.3 Å². The molecule has 5 rings (SSSR count). The Balaban J connectivity index is 1.63. The molecule has 0 aliphatic carbocycles. The number of anilines is 1. The van der Waals surface area contributed by atoms with Gasteiger partial charge in [0.2, 0.25) is 10.9 Å². The number of hydrogen-bond donors (Lipinski definition) is 1. The molecule has 1 N–H and O–H groups in total. The molecule has 7 nitrogen and oxygen atoms in total. The maximum Gasteiger partial charge on any atom is 0.296 e. The Labute approximate surface area is 188 Å². The smallest absolute Gasteiger partial charge is 0.296 e. The number of Topliss-reactive ketones (excluding diaryl/α,β-unsaturated/α-hetero) is 1. The van der Waals surface area contributed by atoms with Crippen molar-refractivity contribution in [1.29, 1.82) is 0 Å². The van der Waals surface area contributed by atoms with Crippen LogP contribution in [-0.4, -0.2) is 27.0 Å². The quantitative estimate of drug-likeness (QED) is 0.398. The molecule has 1 aromatic carbocycles. The summed E-state index contributed by atoms with van der Waals surface area (Å²) < 4.78 is 6.04. The molecule has 0 bridgehead atoms. The van der Waals surface area contributed by atoms with Crippen LogP contribution in [0.1, 0.15) is 21.5 Å². The lowest BCUT2D eigenvalue weighted by Gasteiger charge is -2.21. The van der Waals surface area contributed by atoms with Gasteiger partial charge in [-0.3, -0.25) is 14.5 Å². The molecule has 154 valence electrons. The number of thiophene rings is 1. The minimum atomic E-state index is -0.983. The zero-order valence-electron chi connectivity index (χ0n) is 15.6. The monoisotopic (exact) mass is 469 g/mol. The molecule has 1 amide bonds. The molecule has 10 heteroatoms. The number of furan rings is 1. The number of ketones is 1. The van der Waals surface area contributed by atoms with E-state index in [0.717, 1.165) is 16.9 Å². The van der Waals surface area contributed by atoms with Crippen molar-refractivity contribution in [3.63, 3.8) is 0 Å². The van der Waals surface area contributed by atoms with Crippen molar-refractivity contribution in [1.82, 2.24) is 10.2 Å². The van der Waals surface area contributed by atoms with Crippen LogP contribution in [0.5, 0.6) is 0 Å². The Morgan fingerprint density at radius 2 is 2.03 bits per heavy atom. The molecule has 0 spiro atoms. The van der Waals surface area contributed by atoms with Crippen LogP contribution >= 0.6 is 34.3 Å². The lowest BCUT2D eigenvalue weighted by Crippen LogP contribution is -2.30. The number of hydrogen-bond acceptors (Lipinski definition) is 8. The summed E-state index contributed by atoms with van der Waals surface area (Å²) in [6.07, 6.45) is 0. The van der Waals surface area contributed by atoms with Gasteiger partial charge in [0.05, 0.1) is 10.5 Å². The summed E-state index contributed by atoms with van der Waals surface area (Å²) in [5.74, 6) is -0.987. The van der Waals surface area contributed by atoms with E-state index in [0.29, 0.717) is 21.4 Å². The highest BCUT2D eigenvalue weighted by Crippen LogP contribution is 2.44. The van der Waals surface area contributed by atoms with Gasteiger partial charge in [-0.1, -0.05) is 41.1 Å². The fourth-order valence-electron chi connectivity index (χ4n) is 3.41. The fourth-order valence-corrected chi connectivity index (χ4v) is 4.87. The first-order valence-electron chi connectivity index (χ1n) is 9.01. The topological polar surface area (TPSA) is 96.5 Å². The lowest BCUT2D eigenvalue weighted by atomic mass is 10.0. The van der Waals surface area contributed by atoms with Gasteiger partial charge in [0, 0.05) is 10.6 Å². The van der Waals surface area contributed by atoms with Gasteiger partial charge < -0.3 is 9.52 Å². The second-order valence-electron chi connectivity index (χ2n) is 6.58. The highest BCUT2D eigenvalue weighted by atomic mass is 35.5. The van der Waals surface area contributed by atoms with Gasteiger partial charge in [0.15, 0.2) is 5.76 Å². The molecule has 0 unspecified atom stereocenters. The van der Waals surface area contributed by atoms with E-state index in [2.05, 4.69) is 10.2 Å². The molecule has 0 saturated carbocycles. The highest BCUT2D eigenvalue weighted by molar-refractivity contribution is 7.13. The summed E-state index contributed by atoms with van der Waals surface area (Å²) in [6, 6.07) is 12.9. The molecule has 3 aromatic heterocycles. The summed E-state index contributed by atoms with van der Waals surface area (Å²) in [7, 11) is 0. The van der Waals surface area contributed by atoms with Crippen LogP contribution in [0.4, 0.5) is 5.13 Å². The average Bonchev–Trinajstić information content (AvgIpc) is 3.56. The zero-order valence-corrected chi connectivity index (χ0v) is 17.9. The van der Waals surface area contributed by atoms with Gasteiger partial charge in [-0.05, 0) is 35.7 Å². The van der Waals surface area contributed by atoms with Crippen molar-refractivity contribution in [3.05, 3.63) is 86.4 Å². The largest absolute Gasteiger partial charge is 0.503 e. The number of carbonyl (C=O) groups excluding carboxylic acids is 2. The Morgan fingerprint density at radius 3 is 2.74 bits per heavy atom. The van der Waals surface area contributed by atoms with Crippen LogP contribution in [-0.2, 0) is 4.79 Å². The Bertz CT molecular complexity index is 1310. The second kappa shape index (κ2) is 7.77. The lowest BCUT2D eigenvalue weighted by molar-refractivity contribution is -0.117. The van der Waals surface area contributed by atoms with Gasteiger partial charge in [-0.15, -0.1) is 21.5 Å². The predicted octanol–water partition coefficient (Wildman–Crippen LogP) is 5.30. The standard InChI is InChI=1S/C21H12ClN3O4S2/c22-12-4-1-3-11(9-12)13-6-7-14(29-13)17-16(18(26)15-5-2-8-30-15)19(27)20(28)25(17)21-24-23-10-31-21/h1-10,17,27H/t17-/m1/s1. The number of amides is 1. The van der Waals surface area contributed by atoms with E-state index in [4.69, 9.17) is 16.0 Å². The van der Waals surface area contributed by atoms with Crippen LogP contribution < -0.4 is 4.90 Å². The number of aliphatic hydroxyl groups excluding tert-OH is 1. The number of benzene rings is 1. The van der Waals surface area contributed by atoms with Gasteiger partial charge in [-0.25, -0.2) is 0 Å². The van der Waals surface area contributed by atoms with Gasteiger partial charge in [-0.2, -0.15) is 0 Å². The second-order valence-corrected chi connectivity index (χ2v) is 8.78. The molecule has 31 heavy (non-hydrogen) atoms. The van der Waals surface area contributed by atoms with Crippen molar-refractivity contribution in [2.75, 3.05) is 4.90 Å². The molecule has 1 aliphatic rings. The first-order chi connectivity index (χ1) is 15.0. The van der Waals surface area contributed by atoms with E-state index in [1.807, 2.05) is 6.07 Å². The SMILES string of the molecule is O=C(C1=C(O)C(=O)N(c2nncs2)[C@@H]1c1ccc(-c2cccc(Cl)c2)o1)c1cccs1. The summed E-state index contributed by atoms with van der Waals surface area (Å²) in [5.41, 5.74) is 2.15. The molecule has 0 radical (unpaired) electrons. The van der Waals surface area contributed by atoms with Crippen LogP contribution in [0.2, 0.25) is 5.02 Å². The molecule has 4 aromatic rings. The molecule has 1 aliphatic heterocycles. The third kappa shape index (κ3) is 3.36. The summed E-state index contributed by atoms with van der Waals surface area (Å²) in [4.78, 5) is 27.8. The summed E-state index contributed by atoms with van der Waals surface area (Å²) in [5, 5.41) is 20.9. The van der Waals surface area contributed by atoms with Gasteiger partial charge in [0.1, 0.15) is 23.1 Å². The van der Waals surface area contributed by atoms with Crippen LogP contribution in [0.25, 0.3) is 11.3 Å². The maximum absolute atomic E-state index is 13.2. The number of rotatable bonds is 5. The van der Waals surface area contributed by atoms with E-state index in [9.17, 15) is 14.7 Å². The molecule has 4 heterocycles. The summed E-state index contributed by atoms with van der Waals surface area (Å²) in [6.45, 7) is 0. The molecular formula is C21H12ClN3O4S2. The van der Waals surface area contributed by atoms with E-state index in [1.165, 1.54) is 21.7 Å². The molecule has 0 saturated heterocycles. The number of aliphatic hydroxyl groups is 1. The maximum atomic E-state index is 13.2.